The lowest BCUT2D eigenvalue weighted by molar-refractivity contribution is -0.0877. The van der Waals surface area contributed by atoms with Gasteiger partial charge in [0.25, 0.3) is 0 Å². The number of benzene rings is 1. The lowest BCUT2D eigenvalue weighted by atomic mass is 9.97. The van der Waals surface area contributed by atoms with Crippen LogP contribution in [0, 0.1) is 6.92 Å². The van der Waals surface area contributed by atoms with E-state index in [2.05, 4.69) is 9.88 Å². The van der Waals surface area contributed by atoms with Crippen molar-refractivity contribution in [2.24, 2.45) is 0 Å². The van der Waals surface area contributed by atoms with E-state index in [-0.39, 0.29) is 17.0 Å². The summed E-state index contributed by atoms with van der Waals surface area (Å²) < 4.78 is 13.3. The molecule has 2 aliphatic rings. The highest BCUT2D eigenvalue weighted by Gasteiger charge is 2.37. The third-order valence-electron chi connectivity index (χ3n) is 6.77. The standard InChI is InChI=1S/C25H26ClN3O5/c1-15-5-3-7-27-23(15)34-12-16-6-4-8-28(16)21-10-20-17(9-19(21)26)22(30)18(24(31)32)11-29(20)25(2)13-33-14-25/h3,5,7,9-11,16H,4,6,8,12-14H2,1-2H3,(H,31,32)/t16-/m1/s1. The van der Waals surface area contributed by atoms with Gasteiger partial charge in [-0.25, -0.2) is 9.78 Å². The molecule has 1 atom stereocenters. The molecule has 2 aliphatic heterocycles. The van der Waals surface area contributed by atoms with E-state index in [4.69, 9.17) is 21.1 Å². The molecule has 1 aromatic carbocycles. The number of carboxylic acids is 1. The topological polar surface area (TPSA) is 93.9 Å². The third kappa shape index (κ3) is 3.80. The van der Waals surface area contributed by atoms with Crippen LogP contribution in [-0.4, -0.2) is 53.0 Å². The monoisotopic (exact) mass is 483 g/mol. The Balaban J connectivity index is 1.56. The number of nitrogens with zero attached hydrogens (tertiary/aromatic N) is 3. The number of aromatic nitrogens is 2. The van der Waals surface area contributed by atoms with Crippen molar-refractivity contribution in [3.63, 3.8) is 0 Å². The third-order valence-corrected chi connectivity index (χ3v) is 7.07. The van der Waals surface area contributed by atoms with Crippen LogP contribution in [0.4, 0.5) is 5.69 Å². The first-order chi connectivity index (χ1) is 16.3. The first-order valence-electron chi connectivity index (χ1n) is 11.3. The molecule has 5 rings (SSSR count). The highest BCUT2D eigenvalue weighted by molar-refractivity contribution is 6.34. The molecule has 178 valence electrons. The van der Waals surface area contributed by atoms with Crippen LogP contribution in [0.2, 0.25) is 5.02 Å². The minimum absolute atomic E-state index is 0.0949. The normalized spacial score (nSPS) is 19.3. The molecule has 0 aliphatic carbocycles. The Hall–Kier alpha value is -3.10. The fourth-order valence-corrected chi connectivity index (χ4v) is 5.09. The maximum atomic E-state index is 13.0. The number of carboxylic acid groups (broad SMARTS) is 1. The predicted molar refractivity (Wildman–Crippen MR) is 129 cm³/mol. The highest BCUT2D eigenvalue weighted by Crippen LogP contribution is 2.37. The molecule has 8 nitrogen and oxygen atoms in total. The number of fused-ring (bicyclic) bond motifs is 1. The number of pyridine rings is 2. The fourth-order valence-electron chi connectivity index (χ4n) is 4.81. The minimum atomic E-state index is -1.26. The lowest BCUT2D eigenvalue weighted by Gasteiger charge is -2.41. The van der Waals surface area contributed by atoms with E-state index in [1.807, 2.05) is 36.6 Å². The van der Waals surface area contributed by atoms with E-state index < -0.39 is 16.9 Å². The van der Waals surface area contributed by atoms with Crippen molar-refractivity contribution >= 4 is 34.2 Å². The van der Waals surface area contributed by atoms with Gasteiger partial charge < -0.3 is 24.0 Å². The number of rotatable bonds is 6. The number of aromatic carboxylic acids is 1. The zero-order valence-electron chi connectivity index (χ0n) is 19.1. The number of anilines is 1. The number of ether oxygens (including phenoxy) is 2. The molecule has 0 amide bonds. The van der Waals surface area contributed by atoms with Gasteiger partial charge in [0.15, 0.2) is 0 Å². The van der Waals surface area contributed by atoms with Crippen molar-refractivity contribution in [1.82, 2.24) is 9.55 Å². The SMILES string of the molecule is Cc1cccnc1OC[C@H]1CCCN1c1cc2c(cc1Cl)c(=O)c(C(=O)O)cn2C1(C)COC1. The van der Waals surface area contributed by atoms with Gasteiger partial charge in [0.1, 0.15) is 12.2 Å². The van der Waals surface area contributed by atoms with E-state index in [1.54, 1.807) is 12.3 Å². The van der Waals surface area contributed by atoms with E-state index in [1.165, 1.54) is 6.20 Å². The second-order valence-electron chi connectivity index (χ2n) is 9.28. The zero-order chi connectivity index (χ0) is 24.0. The number of halogens is 1. The maximum Gasteiger partial charge on any atom is 0.341 e. The fraction of sp³-hybridized carbons (Fsp3) is 0.400. The Labute approximate surface area is 201 Å². The summed E-state index contributed by atoms with van der Waals surface area (Å²) in [6, 6.07) is 7.43. The smallest absolute Gasteiger partial charge is 0.341 e. The summed E-state index contributed by atoms with van der Waals surface area (Å²) in [5.41, 5.74) is 1.17. The molecular formula is C25H26ClN3O5. The molecule has 2 aromatic heterocycles. The first-order valence-corrected chi connectivity index (χ1v) is 11.7. The van der Waals surface area contributed by atoms with Crippen LogP contribution < -0.4 is 15.1 Å². The quantitative estimate of drug-likeness (QED) is 0.569. The van der Waals surface area contributed by atoms with Crippen molar-refractivity contribution in [3.05, 3.63) is 63.0 Å². The largest absolute Gasteiger partial charge is 0.477 e. The second-order valence-corrected chi connectivity index (χ2v) is 9.69. The van der Waals surface area contributed by atoms with Gasteiger partial charge >= 0.3 is 5.97 Å². The van der Waals surface area contributed by atoms with Crippen LogP contribution in [0.15, 0.2) is 41.5 Å². The summed E-state index contributed by atoms with van der Waals surface area (Å²) in [7, 11) is 0. The Morgan fingerprint density at radius 2 is 2.18 bits per heavy atom. The summed E-state index contributed by atoms with van der Waals surface area (Å²) in [6.07, 6.45) is 5.07. The van der Waals surface area contributed by atoms with Crippen molar-refractivity contribution < 1.29 is 19.4 Å². The Morgan fingerprint density at radius 3 is 2.85 bits per heavy atom. The predicted octanol–water partition coefficient (Wildman–Crippen LogP) is 3.85. The Bertz CT molecular complexity index is 1330. The van der Waals surface area contributed by atoms with Crippen LogP contribution in [0.5, 0.6) is 5.88 Å². The van der Waals surface area contributed by atoms with Gasteiger partial charge in [-0.1, -0.05) is 17.7 Å². The van der Waals surface area contributed by atoms with Gasteiger partial charge in [0.05, 0.1) is 41.0 Å². The van der Waals surface area contributed by atoms with Crippen LogP contribution >= 0.6 is 11.6 Å². The van der Waals surface area contributed by atoms with Crippen molar-refractivity contribution in [2.75, 3.05) is 31.3 Å². The molecule has 0 saturated carbocycles. The molecule has 2 fully saturated rings. The highest BCUT2D eigenvalue weighted by atomic mass is 35.5. The summed E-state index contributed by atoms with van der Waals surface area (Å²) in [4.78, 5) is 31.3. The summed E-state index contributed by atoms with van der Waals surface area (Å²) in [6.45, 7) is 6.09. The molecule has 1 N–H and O–H groups in total. The number of hydrogen-bond donors (Lipinski definition) is 1. The molecule has 3 aromatic rings. The number of aryl methyl sites for hydroxylation is 1. The van der Waals surface area contributed by atoms with Crippen LogP contribution in [0.25, 0.3) is 10.9 Å². The average molecular weight is 484 g/mol. The van der Waals surface area contributed by atoms with Gasteiger partial charge in [-0.05, 0) is 44.9 Å². The molecule has 2 saturated heterocycles. The van der Waals surface area contributed by atoms with E-state index >= 15 is 0 Å². The van der Waals surface area contributed by atoms with E-state index in [0.29, 0.717) is 36.2 Å². The van der Waals surface area contributed by atoms with Crippen molar-refractivity contribution in [2.45, 2.75) is 38.3 Å². The first kappa shape index (κ1) is 22.7. The molecule has 0 radical (unpaired) electrons. The average Bonchev–Trinajstić information content (AvgIpc) is 3.25. The van der Waals surface area contributed by atoms with Gasteiger partial charge in [-0.2, -0.15) is 0 Å². The Kier molecular flexibility index (Phi) is 5.73. The summed E-state index contributed by atoms with van der Waals surface area (Å²) in [5.74, 6) is -0.641. The van der Waals surface area contributed by atoms with Crippen molar-refractivity contribution in [3.8, 4) is 5.88 Å². The van der Waals surface area contributed by atoms with Gasteiger partial charge in [0, 0.05) is 29.9 Å². The lowest BCUT2D eigenvalue weighted by Crippen LogP contribution is -2.49. The molecule has 9 heteroatoms. The molecule has 34 heavy (non-hydrogen) atoms. The van der Waals surface area contributed by atoms with E-state index in [0.717, 1.165) is 30.6 Å². The van der Waals surface area contributed by atoms with E-state index in [9.17, 15) is 14.7 Å². The molecule has 0 unspecified atom stereocenters. The van der Waals surface area contributed by atoms with Crippen LogP contribution in [0.1, 0.15) is 35.7 Å². The zero-order valence-corrected chi connectivity index (χ0v) is 19.8. The van der Waals surface area contributed by atoms with Gasteiger partial charge in [-0.15, -0.1) is 0 Å². The molecular weight excluding hydrogens is 458 g/mol. The van der Waals surface area contributed by atoms with Crippen LogP contribution in [-0.2, 0) is 10.3 Å². The van der Waals surface area contributed by atoms with Crippen LogP contribution in [0.3, 0.4) is 0 Å². The number of carbonyl (C=O) groups is 1. The van der Waals surface area contributed by atoms with Gasteiger partial charge in [0.2, 0.25) is 11.3 Å². The Morgan fingerprint density at radius 1 is 1.38 bits per heavy atom. The summed E-state index contributed by atoms with van der Waals surface area (Å²) >= 11 is 6.69. The maximum absolute atomic E-state index is 13.0. The minimum Gasteiger partial charge on any atom is -0.477 e. The van der Waals surface area contributed by atoms with Crippen molar-refractivity contribution in [1.29, 1.82) is 0 Å². The molecule has 0 bridgehead atoms. The second kappa shape index (κ2) is 8.60. The van der Waals surface area contributed by atoms with Gasteiger partial charge in [-0.3, -0.25) is 4.79 Å². The number of hydrogen-bond acceptors (Lipinski definition) is 6. The summed E-state index contributed by atoms with van der Waals surface area (Å²) in [5, 5.41) is 10.3. The molecule has 4 heterocycles. The molecule has 0 spiro atoms.